The van der Waals surface area contributed by atoms with Gasteiger partial charge in [-0.25, -0.2) is 0 Å². The second kappa shape index (κ2) is 3.78. The van der Waals surface area contributed by atoms with Crippen molar-refractivity contribution in [3.63, 3.8) is 0 Å². The van der Waals surface area contributed by atoms with E-state index in [-0.39, 0.29) is 5.92 Å². The third-order valence-electron chi connectivity index (χ3n) is 2.65. The van der Waals surface area contributed by atoms with Crippen LogP contribution in [0.5, 0.6) is 0 Å². The van der Waals surface area contributed by atoms with Crippen LogP contribution in [0.25, 0.3) is 0 Å². The summed E-state index contributed by atoms with van der Waals surface area (Å²) < 4.78 is 1.67. The van der Waals surface area contributed by atoms with Gasteiger partial charge in [0.15, 0.2) is 0 Å². The lowest BCUT2D eigenvalue weighted by molar-refractivity contribution is 0.728. The summed E-state index contributed by atoms with van der Waals surface area (Å²) in [5.41, 5.74) is 1.43. The molecule has 3 N–H and O–H groups in total. The molecule has 1 aliphatic heterocycles. The van der Waals surface area contributed by atoms with E-state index in [9.17, 15) is 0 Å². The third-order valence-corrected chi connectivity index (χ3v) is 3.22. The molecule has 2 unspecified atom stereocenters. The van der Waals surface area contributed by atoms with Crippen molar-refractivity contribution in [2.45, 2.75) is 6.92 Å². The normalized spacial score (nSPS) is 19.6. The molecule has 0 aliphatic carbocycles. The Balaban J connectivity index is 2.57. The van der Waals surface area contributed by atoms with Crippen LogP contribution in [0.15, 0.2) is 12.1 Å². The topological polar surface area (TPSA) is 64.7 Å². The van der Waals surface area contributed by atoms with Gasteiger partial charge in [-0.1, -0.05) is 0 Å². The van der Waals surface area contributed by atoms with Gasteiger partial charge in [-0.15, -0.1) is 9.24 Å². The van der Waals surface area contributed by atoms with Crippen LogP contribution in [0.4, 0.5) is 5.82 Å². The third kappa shape index (κ3) is 1.70. The van der Waals surface area contributed by atoms with Crippen LogP contribution in [0.1, 0.15) is 5.56 Å². The predicted octanol–water partition coefficient (Wildman–Crippen LogP) is 1.02. The summed E-state index contributed by atoms with van der Waals surface area (Å²) in [4.78, 5) is 0. The van der Waals surface area contributed by atoms with Crippen molar-refractivity contribution in [1.29, 1.82) is 10.8 Å². The second-order valence-corrected chi connectivity index (χ2v) is 4.31. The smallest absolute Gasteiger partial charge is 0.132 e. The molecule has 0 aromatic carbocycles. The minimum Gasteiger partial charge on any atom is -0.370 e. The Bertz CT molecular complexity index is 463. The fraction of sp³-hybridized carbons (Fsp3) is 0.400. The summed E-state index contributed by atoms with van der Waals surface area (Å²) in [7, 11) is 2.66. The molecule has 0 bridgehead atoms. The first-order valence-electron chi connectivity index (χ1n) is 4.94. The van der Waals surface area contributed by atoms with E-state index in [0.29, 0.717) is 11.3 Å². The highest BCUT2D eigenvalue weighted by Gasteiger charge is 2.22. The Morgan fingerprint density at radius 3 is 2.93 bits per heavy atom. The quantitative estimate of drug-likeness (QED) is 0.610. The molecule has 0 spiro atoms. The molecule has 2 rings (SSSR count). The first-order valence-corrected chi connectivity index (χ1v) is 5.76. The van der Waals surface area contributed by atoms with Gasteiger partial charge in [-0.05, 0) is 30.8 Å². The van der Waals surface area contributed by atoms with Gasteiger partial charge in [0, 0.05) is 12.5 Å². The minimum atomic E-state index is 0.180. The van der Waals surface area contributed by atoms with Gasteiger partial charge in [0.2, 0.25) is 0 Å². The molecule has 0 saturated carbocycles. The maximum Gasteiger partial charge on any atom is 0.132 e. The zero-order valence-electron chi connectivity index (χ0n) is 8.67. The Labute approximate surface area is 90.9 Å². The van der Waals surface area contributed by atoms with E-state index in [1.165, 1.54) is 0 Å². The number of pyridine rings is 1. The van der Waals surface area contributed by atoms with Crippen LogP contribution in [0, 0.1) is 23.7 Å². The summed E-state index contributed by atoms with van der Waals surface area (Å²) in [6.07, 6.45) is 0.853. The molecule has 0 fully saturated rings. The van der Waals surface area contributed by atoms with Crippen LogP contribution >= 0.6 is 9.24 Å². The average Bonchev–Trinajstić information content (AvgIpc) is 2.17. The molecule has 1 aromatic heterocycles. The Kier molecular flexibility index (Phi) is 2.61. The molecule has 1 aliphatic rings. The maximum absolute atomic E-state index is 8.03. The fourth-order valence-electron chi connectivity index (χ4n) is 1.82. The molecule has 2 atom stereocenters. The summed E-state index contributed by atoms with van der Waals surface area (Å²) in [5.74, 6) is 1.56. The highest BCUT2D eigenvalue weighted by Crippen LogP contribution is 2.17. The van der Waals surface area contributed by atoms with E-state index < -0.39 is 0 Å². The van der Waals surface area contributed by atoms with Crippen molar-refractivity contribution in [3.05, 3.63) is 23.2 Å². The highest BCUT2D eigenvalue weighted by atomic mass is 31.0. The summed E-state index contributed by atoms with van der Waals surface area (Å²) in [6, 6.07) is 3.76. The maximum atomic E-state index is 8.03. The van der Waals surface area contributed by atoms with E-state index in [2.05, 4.69) is 14.6 Å². The standard InChI is InChI=1S/C10H15N4P/c1-6-2-8(11)14-9(3-6)13-4-7(5-15)10(14)12/h2-3,7,11-13H,4-5,15H2,1H3. The summed E-state index contributed by atoms with van der Waals surface area (Å²) in [6.45, 7) is 2.75. The van der Waals surface area contributed by atoms with Crippen LogP contribution < -0.4 is 10.8 Å². The molecule has 5 heteroatoms. The Morgan fingerprint density at radius 1 is 1.53 bits per heavy atom. The van der Waals surface area contributed by atoms with Gasteiger partial charge in [-0.3, -0.25) is 15.4 Å². The zero-order chi connectivity index (χ0) is 11.0. The van der Waals surface area contributed by atoms with E-state index in [1.54, 1.807) is 10.6 Å². The minimum absolute atomic E-state index is 0.180. The molecular formula is C10H15N4P. The molecular weight excluding hydrogens is 207 g/mol. The Hall–Kier alpha value is -1.15. The van der Waals surface area contributed by atoms with Gasteiger partial charge in [-0.2, -0.15) is 0 Å². The van der Waals surface area contributed by atoms with Crippen molar-refractivity contribution in [2.24, 2.45) is 5.92 Å². The van der Waals surface area contributed by atoms with Crippen molar-refractivity contribution in [1.82, 2.24) is 4.57 Å². The lowest BCUT2D eigenvalue weighted by Crippen LogP contribution is -2.42. The van der Waals surface area contributed by atoms with E-state index in [0.717, 1.165) is 24.1 Å². The highest BCUT2D eigenvalue weighted by molar-refractivity contribution is 7.16. The molecule has 4 nitrogen and oxygen atoms in total. The van der Waals surface area contributed by atoms with Gasteiger partial charge < -0.3 is 5.32 Å². The van der Waals surface area contributed by atoms with Crippen LogP contribution in [0.3, 0.4) is 0 Å². The number of rotatable bonds is 1. The van der Waals surface area contributed by atoms with Gasteiger partial charge in [0.05, 0.1) is 0 Å². The van der Waals surface area contributed by atoms with Gasteiger partial charge in [0.25, 0.3) is 0 Å². The lowest BCUT2D eigenvalue weighted by Gasteiger charge is -2.28. The number of nitrogens with one attached hydrogen (secondary N) is 3. The van der Waals surface area contributed by atoms with Crippen molar-refractivity contribution in [3.8, 4) is 0 Å². The Morgan fingerprint density at radius 2 is 2.27 bits per heavy atom. The number of nitrogens with zero attached hydrogens (tertiary/aromatic N) is 1. The predicted molar refractivity (Wildman–Crippen MR) is 64.7 cm³/mol. The number of hydrogen-bond donors (Lipinski definition) is 3. The average molecular weight is 222 g/mol. The SMILES string of the molecule is Cc1cc2n(c(=N)c1)C(=N)C(CP)CN2. The van der Waals surface area contributed by atoms with E-state index in [1.807, 2.05) is 13.0 Å². The van der Waals surface area contributed by atoms with Crippen molar-refractivity contribution < 1.29 is 0 Å². The molecule has 0 radical (unpaired) electrons. The lowest BCUT2D eigenvalue weighted by atomic mass is 10.1. The molecule has 1 aromatic rings. The first kappa shape index (κ1) is 10.4. The monoisotopic (exact) mass is 222 g/mol. The number of hydrogen-bond acceptors (Lipinski definition) is 3. The summed E-state index contributed by atoms with van der Waals surface area (Å²) >= 11 is 0. The molecule has 15 heavy (non-hydrogen) atoms. The van der Waals surface area contributed by atoms with Crippen molar-refractivity contribution >= 4 is 20.9 Å². The van der Waals surface area contributed by atoms with Gasteiger partial charge >= 0.3 is 0 Å². The first-order chi connectivity index (χ1) is 7.13. The number of fused-ring (bicyclic) bond motifs is 1. The van der Waals surface area contributed by atoms with E-state index >= 15 is 0 Å². The zero-order valence-corrected chi connectivity index (χ0v) is 9.83. The number of aryl methyl sites for hydroxylation is 1. The largest absolute Gasteiger partial charge is 0.370 e. The molecule has 0 amide bonds. The molecule has 0 saturated heterocycles. The van der Waals surface area contributed by atoms with Gasteiger partial charge in [0.1, 0.15) is 17.1 Å². The van der Waals surface area contributed by atoms with Crippen LogP contribution in [-0.2, 0) is 0 Å². The van der Waals surface area contributed by atoms with E-state index in [4.69, 9.17) is 10.8 Å². The van der Waals surface area contributed by atoms with Crippen LogP contribution in [0.2, 0.25) is 0 Å². The van der Waals surface area contributed by atoms with Crippen LogP contribution in [-0.4, -0.2) is 23.1 Å². The number of anilines is 1. The fourth-order valence-corrected chi connectivity index (χ4v) is 2.21. The molecule has 2 heterocycles. The summed E-state index contributed by atoms with van der Waals surface area (Å²) in [5, 5.41) is 19.2. The number of aromatic nitrogens is 1. The second-order valence-electron chi connectivity index (χ2n) is 3.84. The molecule has 80 valence electrons. The van der Waals surface area contributed by atoms with Crippen molar-refractivity contribution in [2.75, 3.05) is 18.0 Å².